The van der Waals surface area contributed by atoms with Crippen LogP contribution in [0.4, 0.5) is 0 Å². The van der Waals surface area contributed by atoms with Gasteiger partial charge in [0.05, 0.1) is 6.10 Å². The molecule has 0 heterocycles. The summed E-state index contributed by atoms with van der Waals surface area (Å²) in [7, 11) is 0. The first-order valence-corrected chi connectivity index (χ1v) is 10.8. The van der Waals surface area contributed by atoms with E-state index in [4.69, 9.17) is 10.3 Å². The SMILES string of the molecule is CC1CCC2C3CCC4=C[C@H](OCC(=O)N=[N+]=[N-])CCC4(C)C3CCC12C. The van der Waals surface area contributed by atoms with Crippen LogP contribution in [-0.4, -0.2) is 18.6 Å². The van der Waals surface area contributed by atoms with E-state index in [0.29, 0.717) is 10.8 Å². The summed E-state index contributed by atoms with van der Waals surface area (Å²) < 4.78 is 5.74. The molecule has 0 spiro atoms. The van der Waals surface area contributed by atoms with Gasteiger partial charge in [0.1, 0.15) is 6.61 Å². The van der Waals surface area contributed by atoms with Gasteiger partial charge in [0.15, 0.2) is 0 Å². The predicted molar refractivity (Wildman–Crippen MR) is 105 cm³/mol. The van der Waals surface area contributed by atoms with Crippen molar-refractivity contribution in [3.63, 3.8) is 0 Å². The van der Waals surface area contributed by atoms with E-state index in [9.17, 15) is 4.79 Å². The molecule has 0 N–H and O–H groups in total. The molecular weight excluding hydrogens is 338 g/mol. The maximum atomic E-state index is 11.4. The molecule has 3 saturated carbocycles. The third-order valence-corrected chi connectivity index (χ3v) is 9.12. The Hall–Kier alpha value is -1.32. The number of carbonyl (C=O) groups is 1. The third-order valence-electron chi connectivity index (χ3n) is 9.12. The van der Waals surface area contributed by atoms with Gasteiger partial charge in [-0.05, 0) is 96.5 Å². The number of rotatable bonds is 3. The first-order chi connectivity index (χ1) is 12.9. The van der Waals surface area contributed by atoms with E-state index in [1.165, 1.54) is 38.5 Å². The third kappa shape index (κ3) is 3.03. The second-order valence-corrected chi connectivity index (χ2v) is 10.0. The number of fused-ring (bicyclic) bond motifs is 5. The Kier molecular flexibility index (Phi) is 4.88. The number of nitrogens with zero attached hydrogens (tertiary/aromatic N) is 3. The Labute approximate surface area is 162 Å². The molecule has 3 fully saturated rings. The summed E-state index contributed by atoms with van der Waals surface area (Å²) in [4.78, 5) is 14.0. The van der Waals surface area contributed by atoms with Crippen molar-refractivity contribution in [3.05, 3.63) is 22.1 Å². The summed E-state index contributed by atoms with van der Waals surface area (Å²) in [5.74, 6) is 2.97. The average Bonchev–Trinajstić information content (AvgIpc) is 2.95. The monoisotopic (exact) mass is 371 g/mol. The summed E-state index contributed by atoms with van der Waals surface area (Å²) in [6.07, 6.45) is 12.5. The van der Waals surface area contributed by atoms with Crippen molar-refractivity contribution in [3.8, 4) is 0 Å². The predicted octanol–water partition coefficient (Wildman–Crippen LogP) is 5.81. The zero-order valence-corrected chi connectivity index (χ0v) is 17.0. The molecule has 0 saturated heterocycles. The molecule has 4 aliphatic rings. The van der Waals surface area contributed by atoms with Crippen LogP contribution in [0.15, 0.2) is 16.8 Å². The van der Waals surface area contributed by atoms with E-state index in [1.54, 1.807) is 5.57 Å². The van der Waals surface area contributed by atoms with Crippen molar-refractivity contribution in [2.75, 3.05) is 6.61 Å². The second kappa shape index (κ2) is 6.93. The largest absolute Gasteiger partial charge is 0.366 e. The normalized spacial score (nSPS) is 45.7. The highest BCUT2D eigenvalue weighted by Crippen LogP contribution is 2.66. The summed E-state index contributed by atoms with van der Waals surface area (Å²) in [6, 6.07) is 0. The lowest BCUT2D eigenvalue weighted by Gasteiger charge is -2.58. The van der Waals surface area contributed by atoms with E-state index in [2.05, 4.69) is 36.9 Å². The van der Waals surface area contributed by atoms with Gasteiger partial charge in [0.25, 0.3) is 0 Å². The molecule has 27 heavy (non-hydrogen) atoms. The van der Waals surface area contributed by atoms with Gasteiger partial charge in [0.2, 0.25) is 5.91 Å². The molecule has 5 nitrogen and oxygen atoms in total. The molecule has 0 bridgehead atoms. The Morgan fingerprint density at radius 1 is 1.22 bits per heavy atom. The lowest BCUT2D eigenvalue weighted by Crippen LogP contribution is -2.50. The van der Waals surface area contributed by atoms with Crippen molar-refractivity contribution < 1.29 is 9.53 Å². The van der Waals surface area contributed by atoms with Gasteiger partial charge in [-0.15, -0.1) is 0 Å². The summed E-state index contributed by atoms with van der Waals surface area (Å²) in [5.41, 5.74) is 10.8. The Morgan fingerprint density at radius 2 is 2.04 bits per heavy atom. The van der Waals surface area contributed by atoms with E-state index < -0.39 is 5.91 Å². The lowest BCUT2D eigenvalue weighted by atomic mass is 9.47. The highest BCUT2D eigenvalue weighted by molar-refractivity contribution is 5.77. The van der Waals surface area contributed by atoms with Crippen LogP contribution < -0.4 is 0 Å². The fourth-order valence-electron chi connectivity index (χ4n) is 7.35. The topological polar surface area (TPSA) is 75.1 Å². The number of carbonyl (C=O) groups excluding carboxylic acids is 1. The standard InChI is InChI=1S/C22H33N3O2/c1-14-4-7-18-17-6-5-15-12-16(27-13-20(26)24-25-23)8-10-22(15,3)19(17)9-11-21(14,18)2/h12,14,16-19H,4-11,13H2,1-3H3/t14?,16-,17?,18?,19?,21?,22?/m1/s1. The van der Waals surface area contributed by atoms with E-state index in [1.807, 2.05) is 0 Å². The molecule has 6 unspecified atom stereocenters. The van der Waals surface area contributed by atoms with Gasteiger partial charge in [-0.3, -0.25) is 4.79 Å². The molecule has 0 aromatic heterocycles. The van der Waals surface area contributed by atoms with Gasteiger partial charge in [-0.1, -0.05) is 32.4 Å². The van der Waals surface area contributed by atoms with E-state index in [0.717, 1.165) is 36.5 Å². The maximum absolute atomic E-state index is 11.4. The van der Waals surface area contributed by atoms with E-state index >= 15 is 0 Å². The lowest BCUT2D eigenvalue weighted by molar-refractivity contribution is -0.124. The Bertz CT molecular complexity index is 698. The highest BCUT2D eigenvalue weighted by Gasteiger charge is 2.57. The molecule has 7 atom stereocenters. The molecule has 4 rings (SSSR count). The minimum absolute atomic E-state index is 0.0113. The first-order valence-electron chi connectivity index (χ1n) is 10.8. The smallest absolute Gasteiger partial charge is 0.244 e. The fraction of sp³-hybridized carbons (Fsp3) is 0.864. The van der Waals surface area contributed by atoms with Crippen LogP contribution in [-0.2, 0) is 9.53 Å². The molecule has 1 amide bonds. The van der Waals surface area contributed by atoms with Gasteiger partial charge < -0.3 is 4.74 Å². The van der Waals surface area contributed by atoms with Gasteiger partial charge in [0, 0.05) is 4.91 Å². The molecule has 4 aliphatic carbocycles. The molecule has 0 aromatic carbocycles. The van der Waals surface area contributed by atoms with Gasteiger partial charge >= 0.3 is 0 Å². The Morgan fingerprint density at radius 3 is 2.81 bits per heavy atom. The van der Waals surface area contributed by atoms with Crippen LogP contribution in [0.3, 0.4) is 0 Å². The summed E-state index contributed by atoms with van der Waals surface area (Å²) in [6.45, 7) is 7.44. The van der Waals surface area contributed by atoms with Crippen LogP contribution in [0.5, 0.6) is 0 Å². The minimum Gasteiger partial charge on any atom is -0.366 e. The number of hydrogen-bond acceptors (Lipinski definition) is 2. The number of ether oxygens (including phenoxy) is 1. The zero-order valence-electron chi connectivity index (χ0n) is 17.0. The van der Waals surface area contributed by atoms with Crippen LogP contribution in [0.25, 0.3) is 10.4 Å². The molecule has 0 aromatic rings. The van der Waals surface area contributed by atoms with Crippen molar-refractivity contribution in [2.24, 2.45) is 39.6 Å². The molecular formula is C22H33N3O2. The van der Waals surface area contributed by atoms with Gasteiger partial charge in [-0.25, -0.2) is 0 Å². The van der Waals surface area contributed by atoms with Crippen LogP contribution >= 0.6 is 0 Å². The summed E-state index contributed by atoms with van der Waals surface area (Å²) >= 11 is 0. The van der Waals surface area contributed by atoms with Crippen LogP contribution in [0, 0.1) is 34.5 Å². The van der Waals surface area contributed by atoms with Gasteiger partial charge in [-0.2, -0.15) is 0 Å². The number of azide groups is 1. The molecule has 148 valence electrons. The molecule has 0 radical (unpaired) electrons. The summed E-state index contributed by atoms with van der Waals surface area (Å²) in [5, 5.41) is 3.10. The second-order valence-electron chi connectivity index (χ2n) is 10.0. The maximum Gasteiger partial charge on any atom is 0.244 e. The number of amides is 1. The Balaban J connectivity index is 1.49. The number of hydrogen-bond donors (Lipinski definition) is 0. The van der Waals surface area contributed by atoms with Crippen LogP contribution in [0.1, 0.15) is 72.1 Å². The number of allylic oxidation sites excluding steroid dienone is 1. The molecule has 0 aliphatic heterocycles. The first kappa shape index (κ1) is 19.0. The molecule has 5 heteroatoms. The van der Waals surface area contributed by atoms with E-state index in [-0.39, 0.29) is 12.7 Å². The quantitative estimate of drug-likeness (QED) is 0.272. The van der Waals surface area contributed by atoms with Crippen molar-refractivity contribution >= 4 is 5.91 Å². The minimum atomic E-state index is -0.533. The highest BCUT2D eigenvalue weighted by atomic mass is 16.5. The van der Waals surface area contributed by atoms with Crippen molar-refractivity contribution in [1.29, 1.82) is 0 Å². The fourth-order valence-corrected chi connectivity index (χ4v) is 7.35. The van der Waals surface area contributed by atoms with Crippen molar-refractivity contribution in [1.82, 2.24) is 0 Å². The zero-order chi connectivity index (χ0) is 19.2. The average molecular weight is 372 g/mol. The van der Waals surface area contributed by atoms with Crippen LogP contribution in [0.2, 0.25) is 0 Å². The van der Waals surface area contributed by atoms with Crippen molar-refractivity contribution in [2.45, 2.75) is 78.2 Å².